The minimum absolute atomic E-state index is 0.854. The van der Waals surface area contributed by atoms with Gasteiger partial charge in [-0.2, -0.15) is 0 Å². The van der Waals surface area contributed by atoms with E-state index >= 15 is 0 Å². The maximum atomic E-state index is 3.63. The molecule has 0 aromatic carbocycles. The second-order valence-electron chi connectivity index (χ2n) is 4.56. The van der Waals surface area contributed by atoms with Gasteiger partial charge in [-0.15, -0.1) is 0 Å². The number of rotatable bonds is 0. The molecule has 0 aliphatic heterocycles. The molecule has 0 aromatic rings. The van der Waals surface area contributed by atoms with Crippen LogP contribution in [0.15, 0.2) is 22.2 Å². The van der Waals surface area contributed by atoms with E-state index < -0.39 is 0 Å². The number of hydrogen-bond donors (Lipinski definition) is 0. The third kappa shape index (κ3) is 2.73. The molecular weight excluding hydrogens is 236 g/mol. The van der Waals surface area contributed by atoms with Crippen LogP contribution < -0.4 is 0 Å². The first-order valence-electron chi connectivity index (χ1n) is 5.91. The lowest BCUT2D eigenvalue weighted by Gasteiger charge is -2.22. The molecule has 1 fully saturated rings. The monoisotopic (exact) mass is 254 g/mol. The summed E-state index contributed by atoms with van der Waals surface area (Å²) in [4.78, 5) is 0. The quantitative estimate of drug-likeness (QED) is 0.574. The molecule has 0 amide bonds. The standard InChI is InChI=1S/C13H19Br/c14-13-9-8-11-6-4-2-1-3-5-7-12(11)10-13/h8-9,12H,1-7,10H2. The van der Waals surface area contributed by atoms with Gasteiger partial charge >= 0.3 is 0 Å². The maximum Gasteiger partial charge on any atom is -0.00434 e. The first-order valence-corrected chi connectivity index (χ1v) is 6.70. The second kappa shape index (κ2) is 5.16. The van der Waals surface area contributed by atoms with Crippen LogP contribution in [0.2, 0.25) is 0 Å². The summed E-state index contributed by atoms with van der Waals surface area (Å²) < 4.78 is 1.39. The molecule has 0 spiro atoms. The summed E-state index contributed by atoms with van der Waals surface area (Å²) in [6, 6.07) is 0. The topological polar surface area (TPSA) is 0 Å². The zero-order valence-corrected chi connectivity index (χ0v) is 10.4. The van der Waals surface area contributed by atoms with E-state index in [1.54, 1.807) is 5.57 Å². The fourth-order valence-corrected chi connectivity index (χ4v) is 3.12. The highest BCUT2D eigenvalue weighted by atomic mass is 79.9. The number of halogens is 1. The first-order chi connectivity index (χ1) is 6.86. The van der Waals surface area contributed by atoms with Gasteiger partial charge in [0, 0.05) is 0 Å². The predicted octanol–water partition coefficient (Wildman–Crippen LogP) is 4.96. The summed E-state index contributed by atoms with van der Waals surface area (Å²) >= 11 is 3.63. The van der Waals surface area contributed by atoms with E-state index in [9.17, 15) is 0 Å². The van der Waals surface area contributed by atoms with Crippen molar-refractivity contribution in [1.82, 2.24) is 0 Å². The largest absolute Gasteiger partial charge is 0.0667 e. The molecule has 2 aliphatic rings. The lowest BCUT2D eigenvalue weighted by Crippen LogP contribution is -2.07. The van der Waals surface area contributed by atoms with E-state index in [-0.39, 0.29) is 0 Å². The molecule has 0 nitrogen and oxygen atoms in total. The van der Waals surface area contributed by atoms with Crippen LogP contribution in [0.4, 0.5) is 0 Å². The normalized spacial score (nSPS) is 29.1. The van der Waals surface area contributed by atoms with Crippen molar-refractivity contribution >= 4 is 15.9 Å². The Bertz CT molecular complexity index is 250. The zero-order chi connectivity index (χ0) is 9.80. The Balaban J connectivity index is 2.05. The Hall–Kier alpha value is -0.0400. The highest BCUT2D eigenvalue weighted by molar-refractivity contribution is 9.11. The molecule has 2 rings (SSSR count). The van der Waals surface area contributed by atoms with E-state index in [2.05, 4.69) is 28.1 Å². The van der Waals surface area contributed by atoms with Gasteiger partial charge in [-0.25, -0.2) is 0 Å². The molecule has 0 saturated heterocycles. The average molecular weight is 255 g/mol. The highest BCUT2D eigenvalue weighted by Crippen LogP contribution is 2.35. The van der Waals surface area contributed by atoms with Crippen molar-refractivity contribution in [1.29, 1.82) is 0 Å². The van der Waals surface area contributed by atoms with Crippen LogP contribution in [-0.2, 0) is 0 Å². The fourth-order valence-electron chi connectivity index (χ4n) is 2.59. The molecule has 0 bridgehead atoms. The van der Waals surface area contributed by atoms with Crippen LogP contribution in [0, 0.1) is 5.92 Å². The van der Waals surface area contributed by atoms with Gasteiger partial charge in [0.1, 0.15) is 0 Å². The van der Waals surface area contributed by atoms with Crippen LogP contribution in [0.25, 0.3) is 0 Å². The van der Waals surface area contributed by atoms with E-state index in [0.717, 1.165) is 5.92 Å². The zero-order valence-electron chi connectivity index (χ0n) is 8.77. The smallest absolute Gasteiger partial charge is 0.00434 e. The summed E-state index contributed by atoms with van der Waals surface area (Å²) in [5.74, 6) is 0.854. The first kappa shape index (κ1) is 10.5. The van der Waals surface area contributed by atoms with Crippen LogP contribution in [0.1, 0.15) is 51.4 Å². The SMILES string of the molecule is BrC1=CC=C2CCCCCCCC2C1. The molecule has 78 valence electrons. The number of hydrogen-bond acceptors (Lipinski definition) is 0. The Morgan fingerprint density at radius 3 is 2.71 bits per heavy atom. The molecule has 1 unspecified atom stereocenters. The summed E-state index contributed by atoms with van der Waals surface area (Å²) in [5.41, 5.74) is 1.72. The maximum absolute atomic E-state index is 3.63. The van der Waals surface area contributed by atoms with Gasteiger partial charge in [0.05, 0.1) is 0 Å². The summed E-state index contributed by atoms with van der Waals surface area (Å²) in [5, 5.41) is 0. The predicted molar refractivity (Wildman–Crippen MR) is 65.5 cm³/mol. The van der Waals surface area contributed by atoms with Crippen LogP contribution in [0.3, 0.4) is 0 Å². The van der Waals surface area contributed by atoms with Crippen molar-refractivity contribution in [3.05, 3.63) is 22.2 Å². The molecule has 0 radical (unpaired) electrons. The van der Waals surface area contributed by atoms with Crippen LogP contribution in [-0.4, -0.2) is 0 Å². The lowest BCUT2D eigenvalue weighted by molar-refractivity contribution is 0.515. The summed E-state index contributed by atoms with van der Waals surface area (Å²) in [6.07, 6.45) is 15.8. The van der Waals surface area contributed by atoms with Crippen LogP contribution in [0.5, 0.6) is 0 Å². The number of allylic oxidation sites excluding steroid dienone is 4. The van der Waals surface area contributed by atoms with Gasteiger partial charge in [-0.1, -0.05) is 59.3 Å². The van der Waals surface area contributed by atoms with E-state index in [4.69, 9.17) is 0 Å². The minimum atomic E-state index is 0.854. The van der Waals surface area contributed by atoms with Crippen molar-refractivity contribution in [3.8, 4) is 0 Å². The molecule has 2 aliphatic carbocycles. The number of fused-ring (bicyclic) bond motifs is 1. The molecule has 14 heavy (non-hydrogen) atoms. The molecule has 0 heterocycles. The highest BCUT2D eigenvalue weighted by Gasteiger charge is 2.18. The molecular formula is C13H19Br. The lowest BCUT2D eigenvalue weighted by atomic mass is 9.85. The Labute approximate surface area is 95.6 Å². The van der Waals surface area contributed by atoms with Gasteiger partial charge in [-0.3, -0.25) is 0 Å². The Kier molecular flexibility index (Phi) is 3.86. The van der Waals surface area contributed by atoms with Gasteiger partial charge in [0.15, 0.2) is 0 Å². The van der Waals surface area contributed by atoms with Crippen molar-refractivity contribution in [2.45, 2.75) is 51.4 Å². The third-order valence-electron chi connectivity index (χ3n) is 3.46. The van der Waals surface area contributed by atoms with Gasteiger partial charge in [0.2, 0.25) is 0 Å². The van der Waals surface area contributed by atoms with Gasteiger partial charge < -0.3 is 0 Å². The van der Waals surface area contributed by atoms with E-state index in [1.807, 2.05) is 0 Å². The van der Waals surface area contributed by atoms with Gasteiger partial charge in [0.25, 0.3) is 0 Å². The van der Waals surface area contributed by atoms with Crippen molar-refractivity contribution in [2.75, 3.05) is 0 Å². The molecule has 0 aromatic heterocycles. The molecule has 1 heteroatoms. The summed E-state index contributed by atoms with van der Waals surface area (Å²) in [6.45, 7) is 0. The molecule has 1 saturated carbocycles. The third-order valence-corrected chi connectivity index (χ3v) is 4.05. The minimum Gasteiger partial charge on any atom is -0.0667 e. The Morgan fingerprint density at radius 1 is 1.00 bits per heavy atom. The van der Waals surface area contributed by atoms with Crippen molar-refractivity contribution in [2.24, 2.45) is 5.92 Å². The molecule has 1 atom stereocenters. The van der Waals surface area contributed by atoms with Crippen molar-refractivity contribution < 1.29 is 0 Å². The summed E-state index contributed by atoms with van der Waals surface area (Å²) in [7, 11) is 0. The van der Waals surface area contributed by atoms with E-state index in [1.165, 1.54) is 55.8 Å². The Morgan fingerprint density at radius 2 is 1.79 bits per heavy atom. The second-order valence-corrected chi connectivity index (χ2v) is 5.58. The van der Waals surface area contributed by atoms with Crippen LogP contribution >= 0.6 is 15.9 Å². The average Bonchev–Trinajstić information content (AvgIpc) is 2.29. The van der Waals surface area contributed by atoms with Crippen molar-refractivity contribution in [3.63, 3.8) is 0 Å². The molecule has 0 N–H and O–H groups in total. The van der Waals surface area contributed by atoms with Gasteiger partial charge in [-0.05, 0) is 36.1 Å². The fraction of sp³-hybridized carbons (Fsp3) is 0.692. The van der Waals surface area contributed by atoms with E-state index in [0.29, 0.717) is 0 Å².